The standard InChI is InChI=1S/C16H20N4O2S/c1-12-9-23-14(19-12)8-20-10-16(11-20)7-13(3-6-21-16)22-15-17-4-2-5-18-15/h2,4-5,9,13H,3,6-8,10-11H2,1H3/t13-/m1/s1. The normalized spacial score (nSPS) is 23.6. The molecule has 0 unspecified atom stereocenters. The average molecular weight is 332 g/mol. The molecular weight excluding hydrogens is 312 g/mol. The number of aromatic nitrogens is 3. The van der Waals surface area contributed by atoms with E-state index < -0.39 is 0 Å². The van der Waals surface area contributed by atoms with Crippen molar-refractivity contribution in [3.63, 3.8) is 0 Å². The third-order valence-corrected chi connectivity index (χ3v) is 5.26. The van der Waals surface area contributed by atoms with Crippen molar-refractivity contribution in [3.05, 3.63) is 34.5 Å². The number of likely N-dealkylation sites (tertiary alicyclic amines) is 1. The molecule has 0 radical (unpaired) electrons. The molecule has 2 aliphatic heterocycles. The Morgan fingerprint density at radius 1 is 1.39 bits per heavy atom. The van der Waals surface area contributed by atoms with Gasteiger partial charge in [-0.3, -0.25) is 4.90 Å². The molecular formula is C16H20N4O2S. The highest BCUT2D eigenvalue weighted by Gasteiger charge is 2.48. The van der Waals surface area contributed by atoms with Gasteiger partial charge in [0.25, 0.3) is 0 Å². The number of nitrogens with zero attached hydrogens (tertiary/aromatic N) is 4. The summed E-state index contributed by atoms with van der Waals surface area (Å²) < 4.78 is 12.0. The minimum absolute atomic E-state index is 0.0655. The van der Waals surface area contributed by atoms with Gasteiger partial charge in [0.05, 0.1) is 18.8 Å². The maximum atomic E-state index is 6.06. The number of hydrogen-bond donors (Lipinski definition) is 0. The predicted molar refractivity (Wildman–Crippen MR) is 86.5 cm³/mol. The monoisotopic (exact) mass is 332 g/mol. The minimum atomic E-state index is -0.0655. The van der Waals surface area contributed by atoms with Crippen molar-refractivity contribution in [2.45, 2.75) is 38.0 Å². The maximum Gasteiger partial charge on any atom is 0.316 e. The van der Waals surface area contributed by atoms with E-state index in [1.54, 1.807) is 29.8 Å². The van der Waals surface area contributed by atoms with Crippen LogP contribution < -0.4 is 4.74 Å². The molecule has 0 amide bonds. The van der Waals surface area contributed by atoms with Gasteiger partial charge in [-0.05, 0) is 13.0 Å². The molecule has 122 valence electrons. The molecule has 4 rings (SSSR count). The van der Waals surface area contributed by atoms with Crippen LogP contribution in [0.15, 0.2) is 23.8 Å². The fourth-order valence-electron chi connectivity index (χ4n) is 3.35. The topological polar surface area (TPSA) is 60.4 Å². The molecule has 0 aliphatic carbocycles. The first kappa shape index (κ1) is 15.0. The van der Waals surface area contributed by atoms with Gasteiger partial charge in [0, 0.05) is 49.4 Å². The second-order valence-corrected chi connectivity index (χ2v) is 7.27. The Labute approximate surface area is 139 Å². The number of thiazole rings is 1. The van der Waals surface area contributed by atoms with Crippen LogP contribution in [0.1, 0.15) is 23.5 Å². The highest BCUT2D eigenvalue weighted by Crippen LogP contribution is 2.36. The van der Waals surface area contributed by atoms with Gasteiger partial charge in [-0.2, -0.15) is 0 Å². The van der Waals surface area contributed by atoms with Crippen LogP contribution in [-0.4, -0.2) is 51.3 Å². The Hall–Kier alpha value is -1.57. The van der Waals surface area contributed by atoms with Crippen LogP contribution in [0.4, 0.5) is 0 Å². The van der Waals surface area contributed by atoms with Crippen molar-refractivity contribution in [2.75, 3.05) is 19.7 Å². The van der Waals surface area contributed by atoms with E-state index in [0.29, 0.717) is 6.01 Å². The van der Waals surface area contributed by atoms with Crippen LogP contribution in [0.25, 0.3) is 0 Å². The summed E-state index contributed by atoms with van der Waals surface area (Å²) in [6, 6.07) is 2.26. The summed E-state index contributed by atoms with van der Waals surface area (Å²) in [4.78, 5) is 15.2. The molecule has 1 spiro atoms. The molecule has 1 atom stereocenters. The summed E-state index contributed by atoms with van der Waals surface area (Å²) in [7, 11) is 0. The van der Waals surface area contributed by atoms with Crippen molar-refractivity contribution in [2.24, 2.45) is 0 Å². The fourth-order valence-corrected chi connectivity index (χ4v) is 4.16. The summed E-state index contributed by atoms with van der Waals surface area (Å²) in [5.74, 6) is 0. The Morgan fingerprint density at radius 3 is 2.96 bits per heavy atom. The molecule has 0 aromatic carbocycles. The molecule has 2 aromatic heterocycles. The SMILES string of the molecule is Cc1csc(CN2CC3(C[C@H](Oc4ncccn4)CCO3)C2)n1. The second kappa shape index (κ2) is 6.14. The van der Waals surface area contributed by atoms with Crippen LogP contribution in [0.2, 0.25) is 0 Å². The Morgan fingerprint density at radius 2 is 2.22 bits per heavy atom. The van der Waals surface area contributed by atoms with Crippen molar-refractivity contribution in [3.8, 4) is 6.01 Å². The first-order chi connectivity index (χ1) is 11.2. The average Bonchev–Trinajstić information content (AvgIpc) is 2.92. The molecule has 0 saturated carbocycles. The molecule has 23 heavy (non-hydrogen) atoms. The minimum Gasteiger partial charge on any atom is -0.460 e. The lowest BCUT2D eigenvalue weighted by Gasteiger charge is -2.52. The van der Waals surface area contributed by atoms with E-state index in [2.05, 4.69) is 25.2 Å². The van der Waals surface area contributed by atoms with Gasteiger partial charge < -0.3 is 9.47 Å². The van der Waals surface area contributed by atoms with Gasteiger partial charge in [0.1, 0.15) is 11.1 Å². The first-order valence-corrected chi connectivity index (χ1v) is 8.80. The number of ether oxygens (including phenoxy) is 2. The van der Waals surface area contributed by atoms with Crippen LogP contribution >= 0.6 is 11.3 Å². The van der Waals surface area contributed by atoms with Crippen molar-refractivity contribution in [1.29, 1.82) is 0 Å². The summed E-state index contributed by atoms with van der Waals surface area (Å²) in [6.45, 7) is 5.58. The zero-order valence-corrected chi connectivity index (χ0v) is 14.0. The van der Waals surface area contributed by atoms with Crippen LogP contribution in [0, 0.1) is 6.92 Å². The third kappa shape index (κ3) is 3.36. The Bertz CT molecular complexity index is 657. The summed E-state index contributed by atoms with van der Waals surface area (Å²) >= 11 is 1.73. The quantitative estimate of drug-likeness (QED) is 0.854. The molecule has 0 bridgehead atoms. The Balaban J connectivity index is 1.32. The lowest BCUT2D eigenvalue weighted by molar-refractivity contribution is -0.188. The van der Waals surface area contributed by atoms with Gasteiger partial charge in [-0.25, -0.2) is 15.0 Å². The zero-order valence-electron chi connectivity index (χ0n) is 13.1. The van der Waals surface area contributed by atoms with E-state index in [4.69, 9.17) is 9.47 Å². The Kier molecular flexibility index (Phi) is 4.00. The molecule has 0 N–H and O–H groups in total. The van der Waals surface area contributed by atoms with Crippen molar-refractivity contribution in [1.82, 2.24) is 19.9 Å². The molecule has 2 saturated heterocycles. The zero-order chi connectivity index (χ0) is 15.7. The third-order valence-electron chi connectivity index (χ3n) is 4.31. The van der Waals surface area contributed by atoms with E-state index in [1.807, 2.05) is 6.92 Å². The highest BCUT2D eigenvalue weighted by atomic mass is 32.1. The van der Waals surface area contributed by atoms with Crippen molar-refractivity contribution >= 4 is 11.3 Å². The molecule has 6 nitrogen and oxygen atoms in total. The molecule has 2 fully saturated rings. The van der Waals surface area contributed by atoms with E-state index in [1.165, 1.54) is 5.01 Å². The summed E-state index contributed by atoms with van der Waals surface area (Å²) in [6.07, 6.45) is 5.34. The van der Waals surface area contributed by atoms with Gasteiger partial charge in [0.2, 0.25) is 0 Å². The summed E-state index contributed by atoms with van der Waals surface area (Å²) in [5, 5.41) is 3.28. The van der Waals surface area contributed by atoms with E-state index in [-0.39, 0.29) is 11.7 Å². The van der Waals surface area contributed by atoms with Crippen LogP contribution in [0.5, 0.6) is 6.01 Å². The first-order valence-electron chi connectivity index (χ1n) is 7.92. The van der Waals surface area contributed by atoms with E-state index >= 15 is 0 Å². The lowest BCUT2D eigenvalue weighted by Crippen LogP contribution is -2.65. The van der Waals surface area contributed by atoms with Crippen LogP contribution in [0.3, 0.4) is 0 Å². The number of rotatable bonds is 4. The fraction of sp³-hybridized carbons (Fsp3) is 0.562. The molecule has 7 heteroatoms. The molecule has 2 aromatic rings. The number of hydrogen-bond acceptors (Lipinski definition) is 7. The van der Waals surface area contributed by atoms with Crippen LogP contribution in [-0.2, 0) is 11.3 Å². The maximum absolute atomic E-state index is 6.06. The second-order valence-electron chi connectivity index (χ2n) is 6.32. The van der Waals surface area contributed by atoms with E-state index in [0.717, 1.165) is 44.8 Å². The lowest BCUT2D eigenvalue weighted by atomic mass is 9.85. The van der Waals surface area contributed by atoms with Crippen molar-refractivity contribution < 1.29 is 9.47 Å². The smallest absolute Gasteiger partial charge is 0.316 e. The van der Waals surface area contributed by atoms with E-state index in [9.17, 15) is 0 Å². The molecule has 4 heterocycles. The predicted octanol–water partition coefficient (Wildman–Crippen LogP) is 2.05. The highest BCUT2D eigenvalue weighted by molar-refractivity contribution is 7.09. The van der Waals surface area contributed by atoms with Gasteiger partial charge in [-0.15, -0.1) is 11.3 Å². The van der Waals surface area contributed by atoms with Gasteiger partial charge in [0.15, 0.2) is 0 Å². The van der Waals surface area contributed by atoms with Gasteiger partial charge in [-0.1, -0.05) is 0 Å². The largest absolute Gasteiger partial charge is 0.460 e. The number of aryl methyl sites for hydroxylation is 1. The van der Waals surface area contributed by atoms with Gasteiger partial charge >= 0.3 is 6.01 Å². The summed E-state index contributed by atoms with van der Waals surface area (Å²) in [5.41, 5.74) is 1.04. The molecule has 2 aliphatic rings.